The van der Waals surface area contributed by atoms with Gasteiger partial charge in [0, 0.05) is 12.0 Å². The minimum Gasteiger partial charge on any atom is -0.392 e. The zero-order valence-corrected chi connectivity index (χ0v) is 12.7. The van der Waals surface area contributed by atoms with E-state index in [-0.39, 0.29) is 18.4 Å². The summed E-state index contributed by atoms with van der Waals surface area (Å²) in [4.78, 5) is 35.1. The maximum atomic E-state index is 12.6. The number of Topliss-reactive ketones (excluding diaryl/α,β-unsaturated/α-hetero) is 1. The van der Waals surface area contributed by atoms with Crippen LogP contribution in [-0.2, 0) is 20.5 Å². The molecule has 1 atom stereocenters. The molecule has 8 heteroatoms. The van der Waals surface area contributed by atoms with Crippen LogP contribution in [0.1, 0.15) is 41.6 Å². The number of esters is 2. The molecule has 0 radical (unpaired) electrons. The molecule has 24 heavy (non-hydrogen) atoms. The molecule has 0 aromatic heterocycles. The van der Waals surface area contributed by atoms with E-state index in [4.69, 9.17) is 0 Å². The molecule has 0 saturated carbocycles. The third-order valence-electron chi connectivity index (χ3n) is 3.63. The quantitative estimate of drug-likeness (QED) is 0.505. The lowest BCUT2D eigenvalue weighted by molar-refractivity contribution is -0.160. The van der Waals surface area contributed by atoms with Crippen LogP contribution >= 0.6 is 0 Å². The van der Waals surface area contributed by atoms with E-state index in [1.807, 2.05) is 0 Å². The van der Waals surface area contributed by atoms with Crippen LogP contribution in [0.5, 0.6) is 0 Å². The summed E-state index contributed by atoms with van der Waals surface area (Å²) in [5, 5.41) is 2.87. The molecule has 0 spiro atoms. The molecule has 1 aromatic rings. The Kier molecular flexibility index (Phi) is 5.71. The van der Waals surface area contributed by atoms with E-state index in [1.165, 1.54) is 6.07 Å². The molecule has 1 fully saturated rings. The van der Waals surface area contributed by atoms with Gasteiger partial charge >= 0.3 is 18.1 Å². The van der Waals surface area contributed by atoms with Crippen LogP contribution in [-0.4, -0.2) is 30.3 Å². The highest BCUT2D eigenvalue weighted by molar-refractivity contribution is 5.98. The molecule has 0 aliphatic carbocycles. The highest BCUT2D eigenvalue weighted by Crippen LogP contribution is 2.29. The number of alkyl halides is 3. The summed E-state index contributed by atoms with van der Waals surface area (Å²) >= 11 is 0. The van der Waals surface area contributed by atoms with Crippen molar-refractivity contribution in [3.63, 3.8) is 0 Å². The average molecular weight is 343 g/mol. The lowest BCUT2D eigenvalue weighted by atomic mass is 10.0. The lowest BCUT2D eigenvalue weighted by Gasteiger charge is -2.09. The van der Waals surface area contributed by atoms with E-state index in [1.54, 1.807) is 0 Å². The number of hydrogen-bond acceptors (Lipinski definition) is 5. The van der Waals surface area contributed by atoms with Crippen molar-refractivity contribution in [2.24, 2.45) is 0 Å². The van der Waals surface area contributed by atoms with Crippen LogP contribution in [0.3, 0.4) is 0 Å². The number of hydrogen-bond donors (Lipinski definition) is 1. The van der Waals surface area contributed by atoms with E-state index in [2.05, 4.69) is 10.1 Å². The molecule has 5 nitrogen and oxygen atoms in total. The molecule has 2 rings (SSSR count). The summed E-state index contributed by atoms with van der Waals surface area (Å²) in [5.74, 6) is -2.18. The number of carbonyl (C=O) groups excluding carboxylic acids is 3. The molecule has 0 unspecified atom stereocenters. The van der Waals surface area contributed by atoms with Crippen LogP contribution in [0.15, 0.2) is 24.3 Å². The predicted molar refractivity (Wildman–Crippen MR) is 77.1 cm³/mol. The Balaban J connectivity index is 1.86. The third kappa shape index (κ3) is 4.89. The third-order valence-corrected chi connectivity index (χ3v) is 3.63. The Morgan fingerprint density at radius 1 is 1.21 bits per heavy atom. The number of nitrogens with one attached hydrogen (secondary N) is 1. The summed E-state index contributed by atoms with van der Waals surface area (Å²) in [7, 11) is 0. The van der Waals surface area contributed by atoms with Gasteiger partial charge in [-0.15, -0.1) is 0 Å². The van der Waals surface area contributed by atoms with E-state index in [0.717, 1.165) is 24.6 Å². The van der Waals surface area contributed by atoms with Crippen molar-refractivity contribution in [3.05, 3.63) is 35.4 Å². The second-order valence-corrected chi connectivity index (χ2v) is 5.44. The van der Waals surface area contributed by atoms with E-state index < -0.39 is 35.5 Å². The van der Waals surface area contributed by atoms with Crippen molar-refractivity contribution < 1.29 is 32.3 Å². The number of ether oxygens (including phenoxy) is 1. The fourth-order valence-corrected chi connectivity index (χ4v) is 2.35. The number of halogens is 3. The van der Waals surface area contributed by atoms with Crippen LogP contribution in [0, 0.1) is 0 Å². The Bertz CT molecular complexity index is 636. The smallest absolute Gasteiger partial charge is 0.392 e. The first kappa shape index (κ1) is 18.1. The van der Waals surface area contributed by atoms with Gasteiger partial charge in [-0.25, -0.2) is 4.79 Å². The van der Waals surface area contributed by atoms with Gasteiger partial charge in [0.2, 0.25) is 0 Å². The largest absolute Gasteiger partial charge is 0.416 e. The van der Waals surface area contributed by atoms with Crippen molar-refractivity contribution in [2.75, 3.05) is 6.54 Å². The molecule has 0 amide bonds. The normalized spacial score (nSPS) is 17.5. The van der Waals surface area contributed by atoms with E-state index in [9.17, 15) is 27.6 Å². The molecule has 1 aliphatic rings. The van der Waals surface area contributed by atoms with Crippen LogP contribution in [0.25, 0.3) is 0 Å². The Labute approximate surface area is 136 Å². The topological polar surface area (TPSA) is 72.5 Å². The first-order valence-corrected chi connectivity index (χ1v) is 7.46. The van der Waals surface area contributed by atoms with Gasteiger partial charge in [0.05, 0.1) is 12.0 Å². The molecule has 0 bridgehead atoms. The summed E-state index contributed by atoms with van der Waals surface area (Å²) in [6.45, 7) is 0.669. The fourth-order valence-electron chi connectivity index (χ4n) is 2.35. The molecule has 1 N–H and O–H groups in total. The van der Waals surface area contributed by atoms with Gasteiger partial charge in [0.1, 0.15) is 6.04 Å². The molecule has 1 aromatic carbocycles. The van der Waals surface area contributed by atoms with Crippen molar-refractivity contribution in [2.45, 2.75) is 37.9 Å². The van der Waals surface area contributed by atoms with E-state index >= 15 is 0 Å². The SMILES string of the molecule is O=C(CCC(=O)c1cccc(C(F)(F)F)c1)OC(=O)[C@@H]1CCCN1. The number of ketones is 1. The maximum absolute atomic E-state index is 12.6. The Morgan fingerprint density at radius 3 is 2.58 bits per heavy atom. The Morgan fingerprint density at radius 2 is 1.96 bits per heavy atom. The molecule has 1 aliphatic heterocycles. The van der Waals surface area contributed by atoms with Crippen molar-refractivity contribution >= 4 is 17.7 Å². The fraction of sp³-hybridized carbons (Fsp3) is 0.438. The first-order chi connectivity index (χ1) is 11.3. The van der Waals surface area contributed by atoms with E-state index in [0.29, 0.717) is 13.0 Å². The number of rotatable bonds is 5. The molecule has 130 valence electrons. The Hall–Kier alpha value is -2.22. The van der Waals surface area contributed by atoms with Crippen molar-refractivity contribution in [3.8, 4) is 0 Å². The summed E-state index contributed by atoms with van der Waals surface area (Å²) in [6, 6.07) is 3.45. The second kappa shape index (κ2) is 7.57. The number of carbonyl (C=O) groups is 3. The standard InChI is InChI=1S/C16H16F3NO4/c17-16(18,19)11-4-1-3-10(9-11)13(21)6-7-14(22)24-15(23)12-5-2-8-20-12/h1,3-4,9,12,20H,2,5-8H2/t12-/m0/s1. The van der Waals surface area contributed by atoms with Gasteiger partial charge in [-0.2, -0.15) is 13.2 Å². The minimum absolute atomic E-state index is 0.138. The van der Waals surface area contributed by atoms with Gasteiger partial charge in [-0.3, -0.25) is 9.59 Å². The molecule has 1 saturated heterocycles. The van der Waals surface area contributed by atoms with Crippen molar-refractivity contribution in [1.82, 2.24) is 5.32 Å². The van der Waals surface area contributed by atoms with Gasteiger partial charge in [-0.1, -0.05) is 12.1 Å². The summed E-state index contributed by atoms with van der Waals surface area (Å²) in [6.07, 6.45) is -3.85. The van der Waals surface area contributed by atoms with Gasteiger partial charge in [0.25, 0.3) is 0 Å². The van der Waals surface area contributed by atoms with Gasteiger partial charge < -0.3 is 10.1 Å². The van der Waals surface area contributed by atoms with Crippen molar-refractivity contribution in [1.29, 1.82) is 0 Å². The van der Waals surface area contributed by atoms with Crippen LogP contribution < -0.4 is 5.32 Å². The monoisotopic (exact) mass is 343 g/mol. The predicted octanol–water partition coefficient (Wildman–Crippen LogP) is 2.49. The average Bonchev–Trinajstić information content (AvgIpc) is 3.06. The molecular formula is C16H16F3NO4. The van der Waals surface area contributed by atoms with Gasteiger partial charge in [-0.05, 0) is 31.5 Å². The second-order valence-electron chi connectivity index (χ2n) is 5.44. The zero-order valence-electron chi connectivity index (χ0n) is 12.7. The molecule has 1 heterocycles. The zero-order chi connectivity index (χ0) is 17.7. The lowest BCUT2D eigenvalue weighted by Crippen LogP contribution is -2.33. The highest BCUT2D eigenvalue weighted by atomic mass is 19.4. The maximum Gasteiger partial charge on any atom is 0.416 e. The number of benzene rings is 1. The molecular weight excluding hydrogens is 327 g/mol. The summed E-state index contributed by atoms with van der Waals surface area (Å²) < 4.78 is 42.4. The minimum atomic E-state index is -4.55. The summed E-state index contributed by atoms with van der Waals surface area (Å²) in [5.41, 5.74) is -1.07. The first-order valence-electron chi connectivity index (χ1n) is 7.46. The van der Waals surface area contributed by atoms with Crippen LogP contribution in [0.4, 0.5) is 13.2 Å². The highest BCUT2D eigenvalue weighted by Gasteiger charge is 2.31. The van der Waals surface area contributed by atoms with Gasteiger partial charge in [0.15, 0.2) is 5.78 Å². The van der Waals surface area contributed by atoms with Crippen LogP contribution in [0.2, 0.25) is 0 Å².